The number of carboxylic acids is 1. The van der Waals surface area contributed by atoms with Crippen LogP contribution in [0.3, 0.4) is 0 Å². The van der Waals surface area contributed by atoms with Crippen LogP contribution in [0.1, 0.15) is 0 Å². The van der Waals surface area contributed by atoms with Gasteiger partial charge in [0, 0.05) is 0 Å². The molecule has 0 amide bonds. The van der Waals surface area contributed by atoms with Gasteiger partial charge in [-0.15, -0.1) is 6.42 Å². The van der Waals surface area contributed by atoms with Gasteiger partial charge in [0.25, 0.3) is 0 Å². The van der Waals surface area contributed by atoms with E-state index in [0.29, 0.717) is 0 Å². The average Bonchev–Trinajstić information content (AvgIpc) is 1.62. The molecule has 1 fully saturated rings. The SMILES string of the molecule is C#CC1(C(=O)O)COC1. The van der Waals surface area contributed by atoms with Crippen LogP contribution in [-0.4, -0.2) is 24.3 Å². The summed E-state index contributed by atoms with van der Waals surface area (Å²) in [7, 11) is 0. The second kappa shape index (κ2) is 1.74. The molecule has 0 bridgehead atoms. The zero-order chi connectivity index (χ0) is 6.91. The predicted octanol–water partition coefficient (Wildman–Crippen LogP) is -0.279. The van der Waals surface area contributed by atoms with Gasteiger partial charge >= 0.3 is 5.97 Å². The molecule has 0 spiro atoms. The number of carbonyl (C=O) groups is 1. The van der Waals surface area contributed by atoms with Crippen LogP contribution in [0.5, 0.6) is 0 Å². The molecule has 1 N–H and O–H groups in total. The van der Waals surface area contributed by atoms with Crippen molar-refractivity contribution < 1.29 is 14.6 Å². The van der Waals surface area contributed by atoms with Crippen molar-refractivity contribution in [3.8, 4) is 12.3 Å². The van der Waals surface area contributed by atoms with Crippen molar-refractivity contribution in [2.45, 2.75) is 0 Å². The molecular weight excluding hydrogens is 120 g/mol. The normalized spacial score (nSPS) is 21.7. The molecule has 3 heteroatoms. The second-order valence-corrected chi connectivity index (χ2v) is 2.02. The molecule has 3 nitrogen and oxygen atoms in total. The fourth-order valence-electron chi connectivity index (χ4n) is 0.575. The van der Waals surface area contributed by atoms with E-state index in [0.717, 1.165) is 0 Å². The Morgan fingerprint density at radius 1 is 1.78 bits per heavy atom. The molecule has 0 aliphatic carbocycles. The predicted molar refractivity (Wildman–Crippen MR) is 29.7 cm³/mol. The maximum Gasteiger partial charge on any atom is 0.326 e. The van der Waals surface area contributed by atoms with Crippen LogP contribution in [0, 0.1) is 17.8 Å². The zero-order valence-electron chi connectivity index (χ0n) is 4.76. The van der Waals surface area contributed by atoms with E-state index in [2.05, 4.69) is 10.7 Å². The van der Waals surface area contributed by atoms with Gasteiger partial charge in [-0.3, -0.25) is 4.79 Å². The lowest BCUT2D eigenvalue weighted by atomic mass is 9.88. The van der Waals surface area contributed by atoms with E-state index in [1.807, 2.05) is 0 Å². The fraction of sp³-hybridized carbons (Fsp3) is 0.500. The van der Waals surface area contributed by atoms with Crippen molar-refractivity contribution >= 4 is 5.97 Å². The van der Waals surface area contributed by atoms with Crippen LogP contribution < -0.4 is 0 Å². The summed E-state index contributed by atoms with van der Waals surface area (Å²) in [5.74, 6) is 1.23. The quantitative estimate of drug-likeness (QED) is 0.491. The molecule has 1 rings (SSSR count). The van der Waals surface area contributed by atoms with E-state index >= 15 is 0 Å². The number of hydrogen-bond donors (Lipinski definition) is 1. The molecular formula is C6H6O3. The minimum absolute atomic E-state index is 0.152. The van der Waals surface area contributed by atoms with Crippen molar-refractivity contribution in [3.63, 3.8) is 0 Å². The Morgan fingerprint density at radius 3 is 2.33 bits per heavy atom. The Bertz CT molecular complexity index is 173. The summed E-state index contributed by atoms with van der Waals surface area (Å²) in [6, 6.07) is 0. The molecule has 0 unspecified atom stereocenters. The molecule has 9 heavy (non-hydrogen) atoms. The Balaban J connectivity index is 2.71. The van der Waals surface area contributed by atoms with Crippen LogP contribution in [0.15, 0.2) is 0 Å². The zero-order valence-corrected chi connectivity index (χ0v) is 4.76. The van der Waals surface area contributed by atoms with Crippen LogP contribution in [0.25, 0.3) is 0 Å². The summed E-state index contributed by atoms with van der Waals surface area (Å²) in [4.78, 5) is 10.3. The summed E-state index contributed by atoms with van der Waals surface area (Å²) in [5.41, 5.74) is -1.01. The van der Waals surface area contributed by atoms with E-state index in [1.54, 1.807) is 0 Å². The second-order valence-electron chi connectivity index (χ2n) is 2.02. The van der Waals surface area contributed by atoms with Crippen molar-refractivity contribution in [3.05, 3.63) is 0 Å². The Morgan fingerprint density at radius 2 is 2.33 bits per heavy atom. The lowest BCUT2D eigenvalue weighted by molar-refractivity contribution is -0.167. The summed E-state index contributed by atoms with van der Waals surface area (Å²) in [5, 5.41) is 8.46. The van der Waals surface area contributed by atoms with Gasteiger partial charge in [-0.25, -0.2) is 0 Å². The standard InChI is InChI=1S/C6H6O3/c1-2-6(5(7)8)3-9-4-6/h1H,3-4H2,(H,7,8). The van der Waals surface area contributed by atoms with E-state index in [1.165, 1.54) is 0 Å². The first-order valence-corrected chi connectivity index (χ1v) is 2.50. The molecule has 0 aromatic heterocycles. The van der Waals surface area contributed by atoms with Gasteiger partial charge in [-0.05, 0) is 0 Å². The van der Waals surface area contributed by atoms with Crippen LogP contribution >= 0.6 is 0 Å². The Hall–Kier alpha value is -1.01. The minimum Gasteiger partial charge on any atom is -0.480 e. The monoisotopic (exact) mass is 126 g/mol. The van der Waals surface area contributed by atoms with E-state index in [9.17, 15) is 4.79 Å². The third-order valence-corrected chi connectivity index (χ3v) is 1.38. The van der Waals surface area contributed by atoms with Gasteiger partial charge in [0.1, 0.15) is 0 Å². The molecule has 0 aromatic carbocycles. The summed E-state index contributed by atoms with van der Waals surface area (Å²) < 4.78 is 4.67. The highest BCUT2D eigenvalue weighted by Crippen LogP contribution is 2.25. The fourth-order valence-corrected chi connectivity index (χ4v) is 0.575. The number of aliphatic carboxylic acids is 1. The van der Waals surface area contributed by atoms with Gasteiger partial charge < -0.3 is 9.84 Å². The molecule has 1 heterocycles. The summed E-state index contributed by atoms with van der Waals surface area (Å²) >= 11 is 0. The molecule has 1 aliphatic rings. The van der Waals surface area contributed by atoms with E-state index in [4.69, 9.17) is 11.5 Å². The van der Waals surface area contributed by atoms with Gasteiger partial charge in [-0.2, -0.15) is 0 Å². The smallest absolute Gasteiger partial charge is 0.326 e. The highest BCUT2D eigenvalue weighted by Gasteiger charge is 2.44. The minimum atomic E-state index is -1.01. The third-order valence-electron chi connectivity index (χ3n) is 1.38. The molecule has 0 radical (unpaired) electrons. The number of hydrogen-bond acceptors (Lipinski definition) is 2. The van der Waals surface area contributed by atoms with Gasteiger partial charge in [0.2, 0.25) is 0 Å². The first kappa shape index (κ1) is 6.12. The topological polar surface area (TPSA) is 46.5 Å². The first-order valence-electron chi connectivity index (χ1n) is 2.50. The van der Waals surface area contributed by atoms with Crippen molar-refractivity contribution in [1.82, 2.24) is 0 Å². The molecule has 1 saturated heterocycles. The Kier molecular flexibility index (Phi) is 1.19. The molecule has 1 aliphatic heterocycles. The van der Waals surface area contributed by atoms with Crippen molar-refractivity contribution in [2.24, 2.45) is 5.41 Å². The van der Waals surface area contributed by atoms with E-state index < -0.39 is 11.4 Å². The molecule has 0 aromatic rings. The van der Waals surface area contributed by atoms with Crippen LogP contribution in [0.2, 0.25) is 0 Å². The molecule has 0 atom stereocenters. The lowest BCUT2D eigenvalue weighted by Crippen LogP contribution is -2.47. The number of terminal acetylenes is 1. The molecule has 0 saturated carbocycles. The van der Waals surface area contributed by atoms with E-state index in [-0.39, 0.29) is 13.2 Å². The maximum atomic E-state index is 10.3. The van der Waals surface area contributed by atoms with Gasteiger partial charge in [0.05, 0.1) is 13.2 Å². The number of ether oxygens (including phenoxy) is 1. The van der Waals surface area contributed by atoms with Gasteiger partial charge in [-0.1, -0.05) is 5.92 Å². The van der Waals surface area contributed by atoms with Crippen molar-refractivity contribution in [1.29, 1.82) is 0 Å². The summed E-state index contributed by atoms with van der Waals surface area (Å²) in [6.45, 7) is 0.303. The lowest BCUT2D eigenvalue weighted by Gasteiger charge is -2.31. The highest BCUT2D eigenvalue weighted by atomic mass is 16.5. The summed E-state index contributed by atoms with van der Waals surface area (Å²) in [6.07, 6.45) is 4.96. The van der Waals surface area contributed by atoms with Crippen molar-refractivity contribution in [2.75, 3.05) is 13.2 Å². The first-order chi connectivity index (χ1) is 4.21. The average molecular weight is 126 g/mol. The van der Waals surface area contributed by atoms with Gasteiger partial charge in [0.15, 0.2) is 5.41 Å². The van der Waals surface area contributed by atoms with Crippen LogP contribution in [-0.2, 0) is 9.53 Å². The molecule has 48 valence electrons. The Labute approximate surface area is 52.6 Å². The largest absolute Gasteiger partial charge is 0.480 e. The number of carboxylic acid groups (broad SMARTS) is 1. The highest BCUT2D eigenvalue weighted by molar-refractivity contribution is 5.79. The number of rotatable bonds is 1. The third kappa shape index (κ3) is 0.681. The van der Waals surface area contributed by atoms with Crippen LogP contribution in [0.4, 0.5) is 0 Å². The maximum absolute atomic E-state index is 10.3.